The summed E-state index contributed by atoms with van der Waals surface area (Å²) in [6.07, 6.45) is 8.00. The number of rotatable bonds is 2. The average molecular weight is 233 g/mol. The maximum atomic E-state index is 9.51. The average Bonchev–Trinajstić information content (AvgIpc) is 2.34. The van der Waals surface area contributed by atoms with Crippen LogP contribution < -0.4 is 0 Å². The van der Waals surface area contributed by atoms with Crippen LogP contribution in [0.2, 0.25) is 0 Å². The molecule has 92 valence electrons. The lowest BCUT2D eigenvalue weighted by molar-refractivity contribution is 0.401. The SMILES string of the molecule is Cc1cc(/C=N/C2CCCCC2)cc(O)c1O. The number of aliphatic imine (C=N–C) groups is 1. The van der Waals surface area contributed by atoms with E-state index in [0.717, 1.165) is 5.56 Å². The first-order valence-corrected chi connectivity index (χ1v) is 6.22. The first kappa shape index (κ1) is 12.0. The maximum Gasteiger partial charge on any atom is 0.160 e. The minimum atomic E-state index is -0.0740. The van der Waals surface area contributed by atoms with Crippen molar-refractivity contribution in [1.29, 1.82) is 0 Å². The lowest BCUT2D eigenvalue weighted by Gasteiger charge is -2.17. The summed E-state index contributed by atoms with van der Waals surface area (Å²) in [5.41, 5.74) is 1.53. The summed E-state index contributed by atoms with van der Waals surface area (Å²) in [6, 6.07) is 3.82. The van der Waals surface area contributed by atoms with Crippen LogP contribution in [0.1, 0.15) is 43.2 Å². The van der Waals surface area contributed by atoms with Gasteiger partial charge in [-0.3, -0.25) is 4.99 Å². The van der Waals surface area contributed by atoms with Crippen molar-refractivity contribution in [2.45, 2.75) is 45.1 Å². The van der Waals surface area contributed by atoms with Crippen LogP contribution >= 0.6 is 0 Å². The summed E-state index contributed by atoms with van der Waals surface area (Å²) >= 11 is 0. The lowest BCUT2D eigenvalue weighted by Crippen LogP contribution is -2.09. The maximum absolute atomic E-state index is 9.51. The Morgan fingerprint density at radius 3 is 2.53 bits per heavy atom. The van der Waals surface area contributed by atoms with E-state index in [1.807, 2.05) is 12.3 Å². The van der Waals surface area contributed by atoms with Crippen molar-refractivity contribution in [1.82, 2.24) is 0 Å². The third-order valence-electron chi connectivity index (χ3n) is 3.31. The van der Waals surface area contributed by atoms with E-state index in [0.29, 0.717) is 11.6 Å². The smallest absolute Gasteiger partial charge is 0.160 e. The molecule has 2 rings (SSSR count). The van der Waals surface area contributed by atoms with Crippen molar-refractivity contribution in [3.63, 3.8) is 0 Å². The molecule has 3 nitrogen and oxygen atoms in total. The van der Waals surface area contributed by atoms with Crippen LogP contribution in [-0.4, -0.2) is 22.5 Å². The number of aryl methyl sites for hydroxylation is 1. The van der Waals surface area contributed by atoms with Crippen LogP contribution in [0.15, 0.2) is 17.1 Å². The zero-order valence-electron chi connectivity index (χ0n) is 10.2. The van der Waals surface area contributed by atoms with E-state index in [-0.39, 0.29) is 11.5 Å². The standard InChI is InChI=1S/C14H19NO2/c1-10-7-11(8-13(16)14(10)17)9-15-12-5-3-2-4-6-12/h7-9,12,16-17H,2-6H2,1H3/b15-9+. The molecule has 0 spiro atoms. The van der Waals surface area contributed by atoms with E-state index >= 15 is 0 Å². The summed E-state index contributed by atoms with van der Waals surface area (Å²) in [4.78, 5) is 4.55. The van der Waals surface area contributed by atoms with Crippen LogP contribution in [0, 0.1) is 6.92 Å². The molecule has 0 radical (unpaired) electrons. The quantitative estimate of drug-likeness (QED) is 0.609. The topological polar surface area (TPSA) is 52.8 Å². The Morgan fingerprint density at radius 2 is 1.88 bits per heavy atom. The fourth-order valence-electron chi connectivity index (χ4n) is 2.28. The van der Waals surface area contributed by atoms with Crippen LogP contribution in [0.3, 0.4) is 0 Å². The molecule has 0 unspecified atom stereocenters. The number of phenols is 2. The first-order chi connectivity index (χ1) is 8.16. The molecule has 1 aromatic carbocycles. The third kappa shape index (κ3) is 2.99. The van der Waals surface area contributed by atoms with E-state index in [2.05, 4.69) is 4.99 Å². The summed E-state index contributed by atoms with van der Waals surface area (Å²) in [7, 11) is 0. The Morgan fingerprint density at radius 1 is 1.18 bits per heavy atom. The van der Waals surface area contributed by atoms with Gasteiger partial charge in [-0.1, -0.05) is 19.3 Å². The van der Waals surface area contributed by atoms with E-state index in [9.17, 15) is 10.2 Å². The highest BCUT2D eigenvalue weighted by Crippen LogP contribution is 2.29. The van der Waals surface area contributed by atoms with Gasteiger partial charge in [0.1, 0.15) is 0 Å². The fourth-order valence-corrected chi connectivity index (χ4v) is 2.28. The van der Waals surface area contributed by atoms with Crippen LogP contribution in [0.5, 0.6) is 11.5 Å². The molecule has 0 aromatic heterocycles. The second-order valence-corrected chi connectivity index (χ2v) is 4.78. The number of benzene rings is 1. The van der Waals surface area contributed by atoms with Crippen molar-refractivity contribution in [2.24, 2.45) is 4.99 Å². The molecule has 1 aliphatic carbocycles. The Kier molecular flexibility index (Phi) is 3.67. The van der Waals surface area contributed by atoms with Gasteiger partial charge in [-0.15, -0.1) is 0 Å². The molecule has 0 amide bonds. The Labute approximate surface area is 102 Å². The lowest BCUT2D eigenvalue weighted by atomic mass is 9.96. The van der Waals surface area contributed by atoms with E-state index < -0.39 is 0 Å². The minimum absolute atomic E-state index is 0.0418. The number of hydrogen-bond acceptors (Lipinski definition) is 3. The molecule has 0 heterocycles. The molecule has 17 heavy (non-hydrogen) atoms. The number of nitrogens with zero attached hydrogens (tertiary/aromatic N) is 1. The van der Waals surface area contributed by atoms with Crippen molar-refractivity contribution in [3.8, 4) is 11.5 Å². The van der Waals surface area contributed by atoms with Crippen molar-refractivity contribution in [3.05, 3.63) is 23.3 Å². The van der Waals surface area contributed by atoms with Crippen molar-refractivity contribution >= 4 is 6.21 Å². The van der Waals surface area contributed by atoms with Gasteiger partial charge in [-0.2, -0.15) is 0 Å². The molecule has 0 atom stereocenters. The van der Waals surface area contributed by atoms with Crippen molar-refractivity contribution < 1.29 is 10.2 Å². The zero-order valence-corrected chi connectivity index (χ0v) is 10.2. The summed E-state index contributed by atoms with van der Waals surface area (Å²) < 4.78 is 0. The highest BCUT2D eigenvalue weighted by molar-refractivity contribution is 5.81. The van der Waals surface area contributed by atoms with Gasteiger partial charge in [0.15, 0.2) is 11.5 Å². The van der Waals surface area contributed by atoms with Gasteiger partial charge in [0.05, 0.1) is 0 Å². The van der Waals surface area contributed by atoms with Gasteiger partial charge in [0.2, 0.25) is 0 Å². The van der Waals surface area contributed by atoms with E-state index in [4.69, 9.17) is 0 Å². The Bertz CT molecular complexity index is 397. The van der Waals surface area contributed by atoms with E-state index in [1.54, 1.807) is 13.0 Å². The second-order valence-electron chi connectivity index (χ2n) is 4.78. The van der Waals surface area contributed by atoms with Gasteiger partial charge in [-0.25, -0.2) is 0 Å². The highest BCUT2D eigenvalue weighted by Gasteiger charge is 2.11. The number of aromatic hydroxyl groups is 2. The molecular formula is C14H19NO2. The number of phenolic OH excluding ortho intramolecular Hbond substituents is 2. The fraction of sp³-hybridized carbons (Fsp3) is 0.500. The molecule has 2 N–H and O–H groups in total. The predicted molar refractivity (Wildman–Crippen MR) is 69.0 cm³/mol. The summed E-state index contributed by atoms with van der Waals surface area (Å²) in [5.74, 6) is -0.116. The molecule has 0 bridgehead atoms. The Hall–Kier alpha value is -1.51. The summed E-state index contributed by atoms with van der Waals surface area (Å²) in [5, 5.41) is 19.0. The molecule has 1 aromatic rings. The van der Waals surface area contributed by atoms with Gasteiger partial charge < -0.3 is 10.2 Å². The largest absolute Gasteiger partial charge is 0.504 e. The molecule has 0 saturated heterocycles. The molecular weight excluding hydrogens is 214 g/mol. The molecule has 1 saturated carbocycles. The summed E-state index contributed by atoms with van der Waals surface area (Å²) in [6.45, 7) is 1.77. The molecule has 3 heteroatoms. The highest BCUT2D eigenvalue weighted by atomic mass is 16.3. The van der Waals surface area contributed by atoms with E-state index in [1.165, 1.54) is 32.1 Å². The predicted octanol–water partition coefficient (Wildman–Crippen LogP) is 3.16. The van der Waals surface area contributed by atoms with Gasteiger partial charge in [0, 0.05) is 12.3 Å². The molecule has 1 fully saturated rings. The van der Waals surface area contributed by atoms with Gasteiger partial charge >= 0.3 is 0 Å². The monoisotopic (exact) mass is 233 g/mol. The number of hydrogen-bond donors (Lipinski definition) is 2. The van der Waals surface area contributed by atoms with Crippen LogP contribution in [0.4, 0.5) is 0 Å². The minimum Gasteiger partial charge on any atom is -0.504 e. The van der Waals surface area contributed by atoms with Crippen molar-refractivity contribution in [2.75, 3.05) is 0 Å². The van der Waals surface area contributed by atoms with Crippen LogP contribution in [-0.2, 0) is 0 Å². The molecule has 0 aliphatic heterocycles. The van der Waals surface area contributed by atoms with Crippen LogP contribution in [0.25, 0.3) is 0 Å². The Balaban J connectivity index is 2.10. The zero-order chi connectivity index (χ0) is 12.3. The first-order valence-electron chi connectivity index (χ1n) is 6.22. The van der Waals surface area contributed by atoms with Gasteiger partial charge in [-0.05, 0) is 43.0 Å². The second kappa shape index (κ2) is 5.21. The molecule has 1 aliphatic rings. The van der Waals surface area contributed by atoms with Gasteiger partial charge in [0.25, 0.3) is 0 Å². The normalized spacial score (nSPS) is 17.7. The third-order valence-corrected chi connectivity index (χ3v) is 3.31.